The Morgan fingerprint density at radius 2 is 1.77 bits per heavy atom. The number of guanidine groups is 1. The largest absolute Gasteiger partial charge is 0.497 e. The quantitative estimate of drug-likeness (QED) is 0.294. The molecule has 30 heavy (non-hydrogen) atoms. The summed E-state index contributed by atoms with van der Waals surface area (Å²) in [6, 6.07) is 12.4. The lowest BCUT2D eigenvalue weighted by Crippen LogP contribution is -2.41. The summed E-state index contributed by atoms with van der Waals surface area (Å²) >= 11 is 0. The van der Waals surface area contributed by atoms with Gasteiger partial charge in [0.25, 0.3) is 0 Å². The lowest BCUT2D eigenvalue weighted by Gasteiger charge is -2.26. The number of rotatable bonds is 9. The van der Waals surface area contributed by atoms with Gasteiger partial charge in [-0.1, -0.05) is 12.1 Å². The smallest absolute Gasteiger partial charge is 0.191 e. The minimum absolute atomic E-state index is 0. The summed E-state index contributed by atoms with van der Waals surface area (Å²) in [4.78, 5) is 6.78. The number of hydrogen-bond donors (Lipinski definition) is 2. The summed E-state index contributed by atoms with van der Waals surface area (Å²) < 4.78 is 24.0. The van der Waals surface area contributed by atoms with Crippen LogP contribution in [-0.2, 0) is 6.54 Å². The van der Waals surface area contributed by atoms with Crippen molar-refractivity contribution in [1.82, 2.24) is 15.5 Å². The van der Waals surface area contributed by atoms with Gasteiger partial charge in [0.15, 0.2) is 5.96 Å². The molecule has 0 saturated heterocycles. The summed E-state index contributed by atoms with van der Waals surface area (Å²) in [5.74, 6) is 1.95. The Balaban J connectivity index is 0.00000450. The van der Waals surface area contributed by atoms with Gasteiger partial charge in [0.2, 0.25) is 0 Å². The highest BCUT2D eigenvalue weighted by Gasteiger charge is 2.15. The summed E-state index contributed by atoms with van der Waals surface area (Å²) in [6.45, 7) is 3.86. The molecule has 2 aromatic rings. The Labute approximate surface area is 195 Å². The number of likely N-dealkylation sites (N-methyl/N-ethyl adjacent to an activating group) is 1. The summed E-state index contributed by atoms with van der Waals surface area (Å²) in [5, 5.41) is 6.65. The maximum absolute atomic E-state index is 13.3. The molecule has 0 radical (unpaired) electrons. The van der Waals surface area contributed by atoms with Crippen LogP contribution in [0.2, 0.25) is 0 Å². The molecule has 0 heterocycles. The first kappa shape index (κ1) is 26.0. The van der Waals surface area contributed by atoms with Crippen molar-refractivity contribution in [3.05, 3.63) is 59.4 Å². The van der Waals surface area contributed by atoms with Crippen molar-refractivity contribution in [3.63, 3.8) is 0 Å². The molecular formula is C22H32FIN4O2. The van der Waals surface area contributed by atoms with Gasteiger partial charge in [-0.25, -0.2) is 9.38 Å². The lowest BCUT2D eigenvalue weighted by atomic mass is 10.1. The Bertz CT molecular complexity index is 800. The molecule has 1 atom stereocenters. The first-order valence-corrected chi connectivity index (χ1v) is 9.63. The fraction of sp³-hybridized carbons (Fsp3) is 0.409. The van der Waals surface area contributed by atoms with Crippen LogP contribution in [-0.4, -0.2) is 52.3 Å². The van der Waals surface area contributed by atoms with E-state index in [0.29, 0.717) is 19.0 Å². The number of hydrogen-bond acceptors (Lipinski definition) is 4. The minimum atomic E-state index is -0.234. The second kappa shape index (κ2) is 13.3. The van der Waals surface area contributed by atoms with Crippen molar-refractivity contribution in [1.29, 1.82) is 0 Å². The van der Waals surface area contributed by atoms with Gasteiger partial charge in [0.05, 0.1) is 26.8 Å². The Hall–Kier alpha value is -2.07. The van der Waals surface area contributed by atoms with Gasteiger partial charge >= 0.3 is 0 Å². The minimum Gasteiger partial charge on any atom is -0.497 e. The number of benzene rings is 2. The molecule has 0 spiro atoms. The highest BCUT2D eigenvalue weighted by atomic mass is 127. The van der Waals surface area contributed by atoms with E-state index >= 15 is 0 Å². The van der Waals surface area contributed by atoms with Crippen molar-refractivity contribution in [2.24, 2.45) is 4.99 Å². The second-order valence-corrected chi connectivity index (χ2v) is 6.78. The average molecular weight is 530 g/mol. The number of ether oxygens (including phenoxy) is 2. The van der Waals surface area contributed by atoms with Crippen LogP contribution in [0.4, 0.5) is 4.39 Å². The molecule has 0 aliphatic rings. The second-order valence-electron chi connectivity index (χ2n) is 6.78. The Kier molecular flexibility index (Phi) is 11.5. The van der Waals surface area contributed by atoms with E-state index < -0.39 is 0 Å². The van der Waals surface area contributed by atoms with Crippen LogP contribution in [0.3, 0.4) is 0 Å². The molecule has 2 rings (SSSR count). The molecule has 166 valence electrons. The molecule has 8 heteroatoms. The third kappa shape index (κ3) is 7.64. The van der Waals surface area contributed by atoms with Crippen LogP contribution < -0.4 is 20.1 Å². The number of nitrogens with zero attached hydrogens (tertiary/aromatic N) is 2. The predicted octanol–water partition coefficient (Wildman–Crippen LogP) is 3.82. The van der Waals surface area contributed by atoms with E-state index in [1.54, 1.807) is 14.2 Å². The standard InChI is InChI=1S/C22H31FN4O2.HI/c1-6-24-22(25-14-17-9-12-19(28-4)13-21(17)29-5)26-15-20(27(2)3)16-7-10-18(23)11-8-16;/h7-13,20H,6,14-15H2,1-5H3,(H2,24,25,26);1H. The molecule has 6 nitrogen and oxygen atoms in total. The molecular weight excluding hydrogens is 498 g/mol. The Morgan fingerprint density at radius 1 is 1.07 bits per heavy atom. The van der Waals surface area contributed by atoms with Crippen LogP contribution in [0, 0.1) is 5.82 Å². The highest BCUT2D eigenvalue weighted by Crippen LogP contribution is 2.25. The number of aliphatic imine (C=N–C) groups is 1. The molecule has 0 saturated carbocycles. The number of nitrogens with one attached hydrogen (secondary N) is 2. The molecule has 0 aliphatic heterocycles. The van der Waals surface area contributed by atoms with E-state index in [0.717, 1.165) is 29.2 Å². The van der Waals surface area contributed by atoms with Gasteiger partial charge in [-0.15, -0.1) is 24.0 Å². The fourth-order valence-electron chi connectivity index (χ4n) is 2.97. The van der Waals surface area contributed by atoms with E-state index in [1.165, 1.54) is 12.1 Å². The molecule has 0 amide bonds. The van der Waals surface area contributed by atoms with E-state index in [9.17, 15) is 4.39 Å². The van der Waals surface area contributed by atoms with Gasteiger partial charge in [0.1, 0.15) is 17.3 Å². The van der Waals surface area contributed by atoms with Gasteiger partial charge in [-0.05, 0) is 50.8 Å². The van der Waals surface area contributed by atoms with E-state index in [-0.39, 0.29) is 35.8 Å². The zero-order valence-electron chi connectivity index (χ0n) is 18.2. The number of methoxy groups -OCH3 is 2. The van der Waals surface area contributed by atoms with E-state index in [4.69, 9.17) is 9.47 Å². The van der Waals surface area contributed by atoms with Gasteiger partial charge in [0, 0.05) is 24.7 Å². The van der Waals surface area contributed by atoms with Crippen LogP contribution in [0.15, 0.2) is 47.5 Å². The van der Waals surface area contributed by atoms with Gasteiger partial charge in [-0.2, -0.15) is 0 Å². The van der Waals surface area contributed by atoms with Crippen molar-refractivity contribution >= 4 is 29.9 Å². The molecule has 0 aromatic heterocycles. The van der Waals surface area contributed by atoms with Crippen molar-refractivity contribution in [3.8, 4) is 11.5 Å². The van der Waals surface area contributed by atoms with Crippen LogP contribution in [0.25, 0.3) is 0 Å². The molecule has 2 N–H and O–H groups in total. The van der Waals surface area contributed by atoms with Crippen molar-refractivity contribution in [2.45, 2.75) is 19.5 Å². The van der Waals surface area contributed by atoms with Gasteiger partial charge in [-0.3, -0.25) is 0 Å². The topological polar surface area (TPSA) is 58.1 Å². The van der Waals surface area contributed by atoms with Crippen LogP contribution in [0.5, 0.6) is 11.5 Å². The molecule has 2 aromatic carbocycles. The maximum Gasteiger partial charge on any atom is 0.191 e. The Morgan fingerprint density at radius 3 is 2.33 bits per heavy atom. The van der Waals surface area contributed by atoms with Crippen molar-refractivity contribution < 1.29 is 13.9 Å². The normalized spacial score (nSPS) is 12.2. The fourth-order valence-corrected chi connectivity index (χ4v) is 2.97. The zero-order valence-corrected chi connectivity index (χ0v) is 20.6. The monoisotopic (exact) mass is 530 g/mol. The highest BCUT2D eigenvalue weighted by molar-refractivity contribution is 14.0. The number of halogens is 2. The SMILES string of the molecule is CCNC(=NCc1ccc(OC)cc1OC)NCC(c1ccc(F)cc1)N(C)C.I. The first-order chi connectivity index (χ1) is 14.0. The van der Waals surface area contributed by atoms with Crippen molar-refractivity contribution in [2.75, 3.05) is 41.4 Å². The van der Waals surface area contributed by atoms with E-state index in [2.05, 4.69) is 20.5 Å². The molecule has 1 unspecified atom stereocenters. The summed E-state index contributed by atoms with van der Waals surface area (Å²) in [5.41, 5.74) is 2.00. The third-order valence-electron chi connectivity index (χ3n) is 4.59. The van der Waals surface area contributed by atoms with Crippen LogP contribution in [0.1, 0.15) is 24.1 Å². The van der Waals surface area contributed by atoms with Gasteiger partial charge < -0.3 is 25.0 Å². The first-order valence-electron chi connectivity index (χ1n) is 9.63. The molecule has 0 aliphatic carbocycles. The predicted molar refractivity (Wildman–Crippen MR) is 131 cm³/mol. The average Bonchev–Trinajstić information content (AvgIpc) is 2.72. The molecule has 0 bridgehead atoms. The van der Waals surface area contributed by atoms with Crippen LogP contribution >= 0.6 is 24.0 Å². The maximum atomic E-state index is 13.3. The third-order valence-corrected chi connectivity index (χ3v) is 4.59. The summed E-state index contributed by atoms with van der Waals surface area (Å²) in [7, 11) is 7.27. The molecule has 0 fully saturated rings. The lowest BCUT2D eigenvalue weighted by molar-refractivity contribution is 0.298. The zero-order chi connectivity index (χ0) is 21.2. The van der Waals surface area contributed by atoms with E-state index in [1.807, 2.05) is 51.4 Å². The summed E-state index contributed by atoms with van der Waals surface area (Å²) in [6.07, 6.45) is 0.